The molecule has 1 aromatic rings. The highest BCUT2D eigenvalue weighted by Gasteiger charge is 2.17. The van der Waals surface area contributed by atoms with Crippen molar-refractivity contribution >= 4 is 29.4 Å². The SMILES string of the molecule is CSC(CO)C(C)NC(=O)CSc1ccccc1F. The lowest BCUT2D eigenvalue weighted by atomic mass is 10.2. The lowest BCUT2D eigenvalue weighted by Gasteiger charge is -2.21. The molecule has 0 saturated heterocycles. The Hall–Kier alpha value is -0.720. The molecule has 0 fully saturated rings. The fraction of sp³-hybridized carbons (Fsp3) is 0.462. The lowest BCUT2D eigenvalue weighted by Crippen LogP contribution is -2.42. The first-order valence-electron chi connectivity index (χ1n) is 5.88. The van der Waals surface area contributed by atoms with Crippen LogP contribution in [0.5, 0.6) is 0 Å². The number of benzene rings is 1. The summed E-state index contributed by atoms with van der Waals surface area (Å²) in [5.74, 6) is -0.309. The second kappa shape index (κ2) is 8.45. The smallest absolute Gasteiger partial charge is 0.230 e. The number of aliphatic hydroxyl groups excluding tert-OH is 1. The molecule has 0 radical (unpaired) electrons. The molecule has 1 rings (SSSR count). The number of amides is 1. The van der Waals surface area contributed by atoms with E-state index in [0.717, 1.165) is 0 Å². The van der Waals surface area contributed by atoms with E-state index < -0.39 is 0 Å². The topological polar surface area (TPSA) is 49.3 Å². The standard InChI is InChI=1S/C13H18FNO2S2/c1-9(12(7-16)18-2)15-13(17)8-19-11-6-4-3-5-10(11)14/h3-6,9,12,16H,7-8H2,1-2H3,(H,15,17). The highest BCUT2D eigenvalue weighted by Crippen LogP contribution is 2.20. The zero-order valence-corrected chi connectivity index (χ0v) is 12.6. The zero-order chi connectivity index (χ0) is 14.3. The fourth-order valence-electron chi connectivity index (χ4n) is 1.53. The number of hydrogen-bond donors (Lipinski definition) is 2. The Morgan fingerprint density at radius 1 is 1.47 bits per heavy atom. The summed E-state index contributed by atoms with van der Waals surface area (Å²) in [7, 11) is 0. The first kappa shape index (κ1) is 16.3. The molecule has 1 aromatic carbocycles. The van der Waals surface area contributed by atoms with Crippen molar-refractivity contribution in [1.82, 2.24) is 5.32 Å². The van der Waals surface area contributed by atoms with Gasteiger partial charge in [0.05, 0.1) is 12.4 Å². The van der Waals surface area contributed by atoms with Gasteiger partial charge in [-0.3, -0.25) is 4.79 Å². The van der Waals surface area contributed by atoms with Crippen LogP contribution in [-0.4, -0.2) is 40.9 Å². The summed E-state index contributed by atoms with van der Waals surface area (Å²) in [6, 6.07) is 6.26. The van der Waals surface area contributed by atoms with E-state index in [1.807, 2.05) is 13.2 Å². The van der Waals surface area contributed by atoms with Gasteiger partial charge in [-0.15, -0.1) is 11.8 Å². The van der Waals surface area contributed by atoms with Crippen molar-refractivity contribution < 1.29 is 14.3 Å². The number of hydrogen-bond acceptors (Lipinski definition) is 4. The van der Waals surface area contributed by atoms with Crippen LogP contribution in [0.4, 0.5) is 4.39 Å². The summed E-state index contributed by atoms with van der Waals surface area (Å²) in [5, 5.41) is 11.9. The summed E-state index contributed by atoms with van der Waals surface area (Å²) in [6.45, 7) is 1.87. The summed E-state index contributed by atoms with van der Waals surface area (Å²) in [5.41, 5.74) is 0. The molecule has 2 N–H and O–H groups in total. The van der Waals surface area contributed by atoms with Gasteiger partial charge in [-0.2, -0.15) is 11.8 Å². The van der Waals surface area contributed by atoms with Crippen molar-refractivity contribution in [3.63, 3.8) is 0 Å². The van der Waals surface area contributed by atoms with E-state index in [2.05, 4.69) is 5.32 Å². The van der Waals surface area contributed by atoms with E-state index >= 15 is 0 Å². The van der Waals surface area contributed by atoms with Crippen molar-refractivity contribution in [2.45, 2.75) is 23.1 Å². The molecule has 0 bridgehead atoms. The average Bonchev–Trinajstić information content (AvgIpc) is 2.39. The number of thioether (sulfide) groups is 2. The molecular formula is C13H18FNO2S2. The van der Waals surface area contributed by atoms with Gasteiger partial charge in [0.1, 0.15) is 5.82 Å². The summed E-state index contributed by atoms with van der Waals surface area (Å²) in [6.07, 6.45) is 1.89. The first-order valence-corrected chi connectivity index (χ1v) is 8.16. The maximum atomic E-state index is 13.4. The predicted molar refractivity (Wildman–Crippen MR) is 79.1 cm³/mol. The molecule has 0 saturated carbocycles. The molecule has 0 aliphatic rings. The Kier molecular flexibility index (Phi) is 7.27. The molecule has 0 aromatic heterocycles. The van der Waals surface area contributed by atoms with E-state index in [1.165, 1.54) is 29.6 Å². The number of halogens is 1. The summed E-state index contributed by atoms with van der Waals surface area (Å²) >= 11 is 2.67. The molecule has 19 heavy (non-hydrogen) atoms. The number of carbonyl (C=O) groups excluding carboxylic acids is 1. The monoisotopic (exact) mass is 303 g/mol. The molecule has 1 amide bonds. The van der Waals surface area contributed by atoms with Gasteiger partial charge in [0.25, 0.3) is 0 Å². The van der Waals surface area contributed by atoms with Gasteiger partial charge >= 0.3 is 0 Å². The van der Waals surface area contributed by atoms with E-state index in [1.54, 1.807) is 18.2 Å². The Balaban J connectivity index is 2.42. The molecule has 3 nitrogen and oxygen atoms in total. The minimum Gasteiger partial charge on any atom is -0.395 e. The third-order valence-electron chi connectivity index (χ3n) is 2.62. The zero-order valence-electron chi connectivity index (χ0n) is 10.9. The predicted octanol–water partition coefficient (Wildman–Crippen LogP) is 2.15. The van der Waals surface area contributed by atoms with E-state index in [9.17, 15) is 9.18 Å². The Bertz CT molecular complexity index is 413. The van der Waals surface area contributed by atoms with Crippen LogP contribution in [-0.2, 0) is 4.79 Å². The van der Waals surface area contributed by atoms with Gasteiger partial charge in [-0.05, 0) is 25.3 Å². The van der Waals surface area contributed by atoms with Crippen LogP contribution in [0.25, 0.3) is 0 Å². The highest BCUT2D eigenvalue weighted by molar-refractivity contribution is 8.00. The van der Waals surface area contributed by atoms with Crippen LogP contribution < -0.4 is 5.32 Å². The fourth-order valence-corrected chi connectivity index (χ4v) is 2.91. The Morgan fingerprint density at radius 2 is 2.16 bits per heavy atom. The molecule has 0 aliphatic heterocycles. The highest BCUT2D eigenvalue weighted by atomic mass is 32.2. The molecule has 2 atom stereocenters. The van der Waals surface area contributed by atoms with Crippen LogP contribution in [0, 0.1) is 5.82 Å². The Labute approximate surface area is 121 Å². The quantitative estimate of drug-likeness (QED) is 0.758. The van der Waals surface area contributed by atoms with E-state index in [4.69, 9.17) is 5.11 Å². The number of rotatable bonds is 7. The Morgan fingerprint density at radius 3 is 2.74 bits per heavy atom. The van der Waals surface area contributed by atoms with Crippen LogP contribution in [0.1, 0.15) is 6.92 Å². The van der Waals surface area contributed by atoms with Crippen molar-refractivity contribution in [1.29, 1.82) is 0 Å². The molecule has 6 heteroatoms. The molecular weight excluding hydrogens is 285 g/mol. The van der Waals surface area contributed by atoms with Crippen LogP contribution in [0.3, 0.4) is 0 Å². The second-order valence-corrected chi connectivity index (χ2v) is 6.13. The minimum atomic E-state index is -0.314. The largest absolute Gasteiger partial charge is 0.395 e. The molecule has 0 heterocycles. The number of nitrogens with one attached hydrogen (secondary N) is 1. The van der Waals surface area contributed by atoms with Gasteiger partial charge in [0, 0.05) is 16.2 Å². The van der Waals surface area contributed by atoms with Gasteiger partial charge < -0.3 is 10.4 Å². The van der Waals surface area contributed by atoms with Gasteiger partial charge in [-0.25, -0.2) is 4.39 Å². The van der Waals surface area contributed by atoms with Gasteiger partial charge in [0.15, 0.2) is 0 Å². The molecule has 0 aliphatic carbocycles. The molecule has 106 valence electrons. The summed E-state index contributed by atoms with van der Waals surface area (Å²) in [4.78, 5) is 12.2. The van der Waals surface area contributed by atoms with Crippen LogP contribution in [0.15, 0.2) is 29.2 Å². The molecule has 2 unspecified atom stereocenters. The average molecular weight is 303 g/mol. The van der Waals surface area contributed by atoms with Crippen molar-refractivity contribution in [3.05, 3.63) is 30.1 Å². The van der Waals surface area contributed by atoms with Crippen molar-refractivity contribution in [3.8, 4) is 0 Å². The van der Waals surface area contributed by atoms with Gasteiger partial charge in [-0.1, -0.05) is 12.1 Å². The second-order valence-electron chi connectivity index (χ2n) is 4.03. The molecule has 0 spiro atoms. The van der Waals surface area contributed by atoms with Crippen molar-refractivity contribution in [2.75, 3.05) is 18.6 Å². The third kappa shape index (κ3) is 5.42. The normalized spacial score (nSPS) is 13.9. The van der Waals surface area contributed by atoms with E-state index in [-0.39, 0.29) is 35.4 Å². The van der Waals surface area contributed by atoms with Gasteiger partial charge in [0.2, 0.25) is 5.91 Å². The maximum absolute atomic E-state index is 13.4. The number of aliphatic hydroxyl groups is 1. The first-order chi connectivity index (χ1) is 9.08. The number of carbonyl (C=O) groups is 1. The van der Waals surface area contributed by atoms with E-state index in [0.29, 0.717) is 4.90 Å². The van der Waals surface area contributed by atoms with Crippen LogP contribution in [0.2, 0.25) is 0 Å². The minimum absolute atomic E-state index is 0.0169. The van der Waals surface area contributed by atoms with Crippen molar-refractivity contribution in [2.24, 2.45) is 0 Å². The summed E-state index contributed by atoms with van der Waals surface area (Å²) < 4.78 is 13.4. The third-order valence-corrected chi connectivity index (χ3v) is 4.84. The lowest BCUT2D eigenvalue weighted by molar-refractivity contribution is -0.119. The maximum Gasteiger partial charge on any atom is 0.230 e. The van der Waals surface area contributed by atoms with Crippen LogP contribution >= 0.6 is 23.5 Å².